The second-order valence-electron chi connectivity index (χ2n) is 5.45. The number of nitrogens with one attached hydrogen (secondary N) is 2. The SMILES string of the molecule is COc1cc([N+](=O)[O-])c(C(=O)NC2CCCNC2C)cc1SC.Cl. The summed E-state index contributed by atoms with van der Waals surface area (Å²) in [5, 5.41) is 17.5. The first kappa shape index (κ1) is 20.5. The molecule has 1 heterocycles. The summed E-state index contributed by atoms with van der Waals surface area (Å²) >= 11 is 1.38. The molecular formula is C15H22ClN3O4S. The number of hydrogen-bond acceptors (Lipinski definition) is 6. The van der Waals surface area contributed by atoms with Crippen LogP contribution in [0.15, 0.2) is 17.0 Å². The maximum atomic E-state index is 12.6. The summed E-state index contributed by atoms with van der Waals surface area (Å²) in [6, 6.07) is 2.95. The van der Waals surface area contributed by atoms with Crippen molar-refractivity contribution in [1.82, 2.24) is 10.6 Å². The quantitative estimate of drug-likeness (QED) is 0.467. The van der Waals surface area contributed by atoms with Crippen molar-refractivity contribution in [2.45, 2.75) is 36.7 Å². The lowest BCUT2D eigenvalue weighted by Crippen LogP contribution is -2.51. The summed E-state index contributed by atoms with van der Waals surface area (Å²) in [4.78, 5) is 24.0. The standard InChI is InChI=1S/C15H21N3O4S.ClH/c1-9-11(5-4-6-16-9)17-15(19)10-7-14(23-3)13(22-2)8-12(10)18(20)21;/h7-9,11,16H,4-6H2,1-3H3,(H,17,19);1H. The van der Waals surface area contributed by atoms with Crippen molar-refractivity contribution < 1.29 is 14.5 Å². The molecule has 0 spiro atoms. The molecule has 0 aliphatic carbocycles. The molecule has 2 rings (SSSR count). The van der Waals surface area contributed by atoms with Crippen LogP contribution in [0.1, 0.15) is 30.1 Å². The molecular weight excluding hydrogens is 354 g/mol. The topological polar surface area (TPSA) is 93.5 Å². The lowest BCUT2D eigenvalue weighted by Gasteiger charge is -2.30. The first-order chi connectivity index (χ1) is 11.0. The summed E-state index contributed by atoms with van der Waals surface area (Å²) in [5.74, 6) is -0.0244. The molecule has 0 aromatic heterocycles. The van der Waals surface area contributed by atoms with Gasteiger partial charge in [-0.25, -0.2) is 0 Å². The van der Waals surface area contributed by atoms with Crippen molar-refractivity contribution in [2.75, 3.05) is 19.9 Å². The summed E-state index contributed by atoms with van der Waals surface area (Å²) in [6.07, 6.45) is 3.66. The number of nitro benzene ring substituents is 1. The number of amides is 1. The number of piperidine rings is 1. The average molecular weight is 376 g/mol. The van der Waals surface area contributed by atoms with E-state index in [0.29, 0.717) is 10.6 Å². The number of methoxy groups -OCH3 is 1. The molecule has 0 bridgehead atoms. The fraction of sp³-hybridized carbons (Fsp3) is 0.533. The minimum atomic E-state index is -0.551. The average Bonchev–Trinajstić information content (AvgIpc) is 2.55. The molecule has 0 saturated carbocycles. The molecule has 1 fully saturated rings. The molecule has 2 N–H and O–H groups in total. The van der Waals surface area contributed by atoms with E-state index in [4.69, 9.17) is 4.74 Å². The van der Waals surface area contributed by atoms with Crippen LogP contribution in [0.25, 0.3) is 0 Å². The highest BCUT2D eigenvalue weighted by Crippen LogP contribution is 2.34. The number of rotatable bonds is 5. The Kier molecular flexibility index (Phi) is 7.78. The van der Waals surface area contributed by atoms with E-state index in [-0.39, 0.29) is 35.7 Å². The Morgan fingerprint density at radius 2 is 2.21 bits per heavy atom. The van der Waals surface area contributed by atoms with Crippen LogP contribution < -0.4 is 15.4 Å². The monoisotopic (exact) mass is 375 g/mol. The third kappa shape index (κ3) is 4.52. The van der Waals surface area contributed by atoms with Crippen LogP contribution in [0.2, 0.25) is 0 Å². The third-order valence-electron chi connectivity index (χ3n) is 4.02. The smallest absolute Gasteiger partial charge is 0.285 e. The van der Waals surface area contributed by atoms with Gasteiger partial charge >= 0.3 is 0 Å². The molecule has 9 heteroatoms. The molecule has 1 aromatic rings. The zero-order valence-electron chi connectivity index (χ0n) is 13.8. The number of carbonyl (C=O) groups excluding carboxylic acids is 1. The van der Waals surface area contributed by atoms with Gasteiger partial charge in [0.25, 0.3) is 11.6 Å². The normalized spacial score (nSPS) is 20.0. The van der Waals surface area contributed by atoms with E-state index in [1.807, 2.05) is 13.2 Å². The predicted molar refractivity (Wildman–Crippen MR) is 96.6 cm³/mol. The van der Waals surface area contributed by atoms with E-state index in [1.165, 1.54) is 31.0 Å². The largest absolute Gasteiger partial charge is 0.495 e. The number of hydrogen-bond donors (Lipinski definition) is 2. The van der Waals surface area contributed by atoms with Gasteiger partial charge in [0.05, 0.1) is 23.0 Å². The van der Waals surface area contributed by atoms with Crippen molar-refractivity contribution in [3.05, 3.63) is 27.8 Å². The molecule has 1 saturated heterocycles. The van der Waals surface area contributed by atoms with Gasteiger partial charge in [0.2, 0.25) is 0 Å². The first-order valence-electron chi connectivity index (χ1n) is 7.42. The highest BCUT2D eigenvalue weighted by molar-refractivity contribution is 7.98. The number of thioether (sulfide) groups is 1. The predicted octanol–water partition coefficient (Wildman–Crippen LogP) is 2.62. The van der Waals surface area contributed by atoms with Gasteiger partial charge in [0.1, 0.15) is 11.3 Å². The van der Waals surface area contributed by atoms with Crippen molar-refractivity contribution in [3.8, 4) is 5.75 Å². The molecule has 7 nitrogen and oxygen atoms in total. The molecule has 0 radical (unpaired) electrons. The van der Waals surface area contributed by atoms with Crippen LogP contribution in [0.3, 0.4) is 0 Å². The van der Waals surface area contributed by atoms with Crippen LogP contribution in [0.5, 0.6) is 5.75 Å². The van der Waals surface area contributed by atoms with Gasteiger partial charge in [-0.15, -0.1) is 24.2 Å². The van der Waals surface area contributed by atoms with E-state index in [9.17, 15) is 14.9 Å². The number of halogens is 1. The van der Waals surface area contributed by atoms with E-state index >= 15 is 0 Å². The Morgan fingerprint density at radius 1 is 1.50 bits per heavy atom. The second-order valence-corrected chi connectivity index (χ2v) is 6.29. The molecule has 2 unspecified atom stereocenters. The number of nitro groups is 1. The zero-order chi connectivity index (χ0) is 17.0. The molecule has 1 aliphatic heterocycles. The van der Waals surface area contributed by atoms with Crippen LogP contribution in [-0.4, -0.2) is 42.8 Å². The van der Waals surface area contributed by atoms with Crippen molar-refractivity contribution in [1.29, 1.82) is 0 Å². The van der Waals surface area contributed by atoms with Gasteiger partial charge in [0.15, 0.2) is 0 Å². The van der Waals surface area contributed by atoms with E-state index in [1.54, 1.807) is 0 Å². The van der Waals surface area contributed by atoms with Crippen molar-refractivity contribution in [3.63, 3.8) is 0 Å². The van der Waals surface area contributed by atoms with Crippen LogP contribution in [0.4, 0.5) is 5.69 Å². The van der Waals surface area contributed by atoms with E-state index < -0.39 is 10.8 Å². The summed E-state index contributed by atoms with van der Waals surface area (Å²) < 4.78 is 5.16. The maximum Gasteiger partial charge on any atom is 0.285 e. The van der Waals surface area contributed by atoms with Gasteiger partial charge in [-0.05, 0) is 38.6 Å². The molecule has 24 heavy (non-hydrogen) atoms. The number of ether oxygens (including phenoxy) is 1. The van der Waals surface area contributed by atoms with Gasteiger partial charge in [-0.2, -0.15) is 0 Å². The number of nitrogens with zero attached hydrogens (tertiary/aromatic N) is 1. The second kappa shape index (κ2) is 9.10. The number of benzene rings is 1. The van der Waals surface area contributed by atoms with Crippen LogP contribution >= 0.6 is 24.2 Å². The van der Waals surface area contributed by atoms with E-state index in [2.05, 4.69) is 10.6 Å². The molecule has 1 amide bonds. The fourth-order valence-corrected chi connectivity index (χ4v) is 3.27. The Hall–Kier alpha value is -1.51. The maximum absolute atomic E-state index is 12.6. The first-order valence-corrected chi connectivity index (χ1v) is 8.65. The molecule has 2 atom stereocenters. The molecule has 134 valence electrons. The Morgan fingerprint density at radius 3 is 2.75 bits per heavy atom. The lowest BCUT2D eigenvalue weighted by atomic mass is 9.99. The zero-order valence-corrected chi connectivity index (χ0v) is 15.5. The van der Waals surface area contributed by atoms with Gasteiger partial charge in [-0.1, -0.05) is 0 Å². The minimum Gasteiger partial charge on any atom is -0.495 e. The van der Waals surface area contributed by atoms with Gasteiger partial charge in [-0.3, -0.25) is 14.9 Å². The fourth-order valence-electron chi connectivity index (χ4n) is 2.69. The van der Waals surface area contributed by atoms with E-state index in [0.717, 1.165) is 19.4 Å². The van der Waals surface area contributed by atoms with Crippen molar-refractivity contribution >= 4 is 35.8 Å². The number of carbonyl (C=O) groups is 1. The lowest BCUT2D eigenvalue weighted by molar-refractivity contribution is -0.385. The van der Waals surface area contributed by atoms with Gasteiger partial charge < -0.3 is 15.4 Å². The minimum absolute atomic E-state index is 0. The Bertz CT molecular complexity index is 615. The van der Waals surface area contributed by atoms with Gasteiger partial charge in [0, 0.05) is 12.1 Å². The Labute approximate surface area is 151 Å². The highest BCUT2D eigenvalue weighted by Gasteiger charge is 2.28. The van der Waals surface area contributed by atoms with Crippen molar-refractivity contribution in [2.24, 2.45) is 0 Å². The Balaban J connectivity index is 0.00000288. The molecule has 1 aromatic carbocycles. The summed E-state index contributed by atoms with van der Waals surface area (Å²) in [7, 11) is 1.45. The summed E-state index contributed by atoms with van der Waals surface area (Å²) in [6.45, 7) is 2.92. The highest BCUT2D eigenvalue weighted by atomic mass is 35.5. The van der Waals surface area contributed by atoms with Crippen LogP contribution in [0, 0.1) is 10.1 Å². The summed E-state index contributed by atoms with van der Waals surface area (Å²) in [5.41, 5.74) is -0.175. The molecule has 1 aliphatic rings. The van der Waals surface area contributed by atoms with Crippen LogP contribution in [-0.2, 0) is 0 Å². The third-order valence-corrected chi connectivity index (χ3v) is 4.78.